The van der Waals surface area contributed by atoms with Crippen LogP contribution in [-0.2, 0) is 11.3 Å². The van der Waals surface area contributed by atoms with Gasteiger partial charge < -0.3 is 26.2 Å². The summed E-state index contributed by atoms with van der Waals surface area (Å²) in [5, 5.41) is 17.4. The first kappa shape index (κ1) is 25.7. The van der Waals surface area contributed by atoms with Gasteiger partial charge in [0.05, 0.1) is 16.2 Å². The molecule has 0 atom stereocenters. The number of hydrogen-bond acceptors (Lipinski definition) is 8. The lowest BCUT2D eigenvalue weighted by Gasteiger charge is -2.36. The van der Waals surface area contributed by atoms with Crippen molar-refractivity contribution in [3.8, 4) is 0 Å². The van der Waals surface area contributed by atoms with Crippen molar-refractivity contribution in [3.63, 3.8) is 0 Å². The molecule has 1 aromatic heterocycles. The predicted molar refractivity (Wildman–Crippen MR) is 142 cm³/mol. The Hall–Kier alpha value is -4.38. The van der Waals surface area contributed by atoms with E-state index in [1.54, 1.807) is 23.1 Å². The van der Waals surface area contributed by atoms with Gasteiger partial charge in [-0.25, -0.2) is 4.98 Å². The molecular formula is C25H26ClN7O4. The van der Waals surface area contributed by atoms with E-state index in [-0.39, 0.29) is 29.6 Å². The molecule has 1 aliphatic rings. The molecule has 0 radical (unpaired) electrons. The van der Waals surface area contributed by atoms with Gasteiger partial charge in [0.25, 0.3) is 11.6 Å². The van der Waals surface area contributed by atoms with Gasteiger partial charge in [0.2, 0.25) is 5.91 Å². The minimum Gasteiger partial charge on any atom is -0.380 e. The maximum absolute atomic E-state index is 11.9. The highest BCUT2D eigenvalue weighted by atomic mass is 35.5. The monoisotopic (exact) mass is 523 g/mol. The van der Waals surface area contributed by atoms with Crippen molar-refractivity contribution in [1.29, 1.82) is 0 Å². The summed E-state index contributed by atoms with van der Waals surface area (Å²) in [5.74, 6) is -0.194. The molecule has 2 amide bonds. The molecule has 1 fully saturated rings. The van der Waals surface area contributed by atoms with Crippen LogP contribution in [0.3, 0.4) is 0 Å². The third-order valence-electron chi connectivity index (χ3n) is 6.03. The van der Waals surface area contributed by atoms with Crippen molar-refractivity contribution >= 4 is 52.0 Å². The first-order chi connectivity index (χ1) is 17.8. The van der Waals surface area contributed by atoms with Gasteiger partial charge >= 0.3 is 0 Å². The number of piperazine rings is 1. The Labute approximate surface area is 218 Å². The highest BCUT2D eigenvalue weighted by molar-refractivity contribution is 6.27. The van der Waals surface area contributed by atoms with Crippen molar-refractivity contribution < 1.29 is 14.5 Å². The Morgan fingerprint density at radius 1 is 1.08 bits per heavy atom. The minimum atomic E-state index is -0.641. The number of nitro benzene ring substituents is 1. The third kappa shape index (κ3) is 6.44. The summed E-state index contributed by atoms with van der Waals surface area (Å²) in [6.45, 7) is 2.97. The fourth-order valence-corrected chi connectivity index (χ4v) is 4.21. The zero-order valence-electron chi connectivity index (χ0n) is 19.9. The summed E-state index contributed by atoms with van der Waals surface area (Å²) in [7, 11) is 0. The molecule has 4 N–H and O–H groups in total. The lowest BCUT2D eigenvalue weighted by Crippen LogP contribution is -2.49. The SMILES string of the molecule is NC(=O)c1cnc(Nc2ccc(N3CCN(C(=O)CCl)CC3)cc2)cc1NCc1cccc([N+](=O)[O-])c1. The number of nitrogens with two attached hydrogens (primary N) is 1. The molecule has 0 bridgehead atoms. The molecule has 2 aromatic carbocycles. The van der Waals surface area contributed by atoms with E-state index < -0.39 is 10.8 Å². The largest absolute Gasteiger partial charge is 0.380 e. The lowest BCUT2D eigenvalue weighted by atomic mass is 10.1. The number of amides is 2. The number of carbonyl (C=O) groups excluding carboxylic acids is 2. The van der Waals surface area contributed by atoms with Crippen LogP contribution in [0.1, 0.15) is 15.9 Å². The number of non-ortho nitro benzene ring substituents is 1. The lowest BCUT2D eigenvalue weighted by molar-refractivity contribution is -0.384. The molecule has 192 valence electrons. The average Bonchev–Trinajstić information content (AvgIpc) is 2.92. The van der Waals surface area contributed by atoms with E-state index in [1.165, 1.54) is 18.3 Å². The number of aromatic nitrogens is 1. The number of carbonyl (C=O) groups is 2. The van der Waals surface area contributed by atoms with Gasteiger partial charge in [-0.2, -0.15) is 0 Å². The van der Waals surface area contributed by atoms with Gasteiger partial charge in [-0.05, 0) is 29.8 Å². The summed E-state index contributed by atoms with van der Waals surface area (Å²) in [4.78, 5) is 42.5. The molecule has 2 heterocycles. The molecule has 11 nitrogen and oxygen atoms in total. The van der Waals surface area contributed by atoms with Crippen LogP contribution in [-0.4, -0.2) is 58.7 Å². The van der Waals surface area contributed by atoms with E-state index in [4.69, 9.17) is 17.3 Å². The first-order valence-corrected chi connectivity index (χ1v) is 12.1. The number of nitrogens with zero attached hydrogens (tertiary/aromatic N) is 4. The average molecular weight is 524 g/mol. The fraction of sp³-hybridized carbons (Fsp3) is 0.240. The van der Waals surface area contributed by atoms with Gasteiger partial charge in [-0.15, -0.1) is 11.6 Å². The van der Waals surface area contributed by atoms with Crippen molar-refractivity contribution in [1.82, 2.24) is 9.88 Å². The Bertz CT molecular complexity index is 1290. The number of halogens is 1. The van der Waals surface area contributed by atoms with Crippen molar-refractivity contribution in [2.24, 2.45) is 5.73 Å². The number of rotatable bonds is 9. The van der Waals surface area contributed by atoms with Crippen LogP contribution in [0, 0.1) is 10.1 Å². The zero-order valence-corrected chi connectivity index (χ0v) is 20.6. The van der Waals surface area contributed by atoms with Gasteiger partial charge in [0, 0.05) is 68.5 Å². The molecule has 0 spiro atoms. The number of primary amides is 1. The second-order valence-electron chi connectivity index (χ2n) is 8.43. The quantitative estimate of drug-likeness (QED) is 0.220. The van der Waals surface area contributed by atoms with E-state index in [2.05, 4.69) is 20.5 Å². The van der Waals surface area contributed by atoms with Crippen molar-refractivity contribution in [2.75, 3.05) is 47.6 Å². The molecule has 0 aliphatic carbocycles. The Kier molecular flexibility index (Phi) is 8.04. The van der Waals surface area contributed by atoms with Crippen LogP contribution < -0.4 is 21.3 Å². The second-order valence-corrected chi connectivity index (χ2v) is 8.70. The van der Waals surface area contributed by atoms with E-state index in [0.717, 1.165) is 24.5 Å². The van der Waals surface area contributed by atoms with Gasteiger partial charge in [-0.1, -0.05) is 12.1 Å². The first-order valence-electron chi connectivity index (χ1n) is 11.6. The van der Waals surface area contributed by atoms with Crippen LogP contribution >= 0.6 is 11.6 Å². The molecule has 0 unspecified atom stereocenters. The van der Waals surface area contributed by atoms with E-state index in [9.17, 15) is 19.7 Å². The Morgan fingerprint density at radius 3 is 2.46 bits per heavy atom. The van der Waals surface area contributed by atoms with Crippen molar-refractivity contribution in [2.45, 2.75) is 6.54 Å². The summed E-state index contributed by atoms with van der Waals surface area (Å²) < 4.78 is 0. The number of hydrogen-bond donors (Lipinski definition) is 3. The third-order valence-corrected chi connectivity index (χ3v) is 6.25. The highest BCUT2D eigenvalue weighted by Gasteiger charge is 2.20. The summed E-state index contributed by atoms with van der Waals surface area (Å²) in [6, 6.07) is 15.7. The number of benzene rings is 2. The van der Waals surface area contributed by atoms with Gasteiger partial charge in [0.15, 0.2) is 0 Å². The summed E-state index contributed by atoms with van der Waals surface area (Å²) in [6.07, 6.45) is 1.39. The molecule has 0 saturated carbocycles. The molecule has 4 rings (SSSR count). The van der Waals surface area contributed by atoms with Crippen molar-refractivity contribution in [3.05, 3.63) is 82.0 Å². The summed E-state index contributed by atoms with van der Waals surface area (Å²) in [5.41, 5.74) is 8.67. The molecule has 1 saturated heterocycles. The Morgan fingerprint density at radius 2 is 1.81 bits per heavy atom. The summed E-state index contributed by atoms with van der Waals surface area (Å²) >= 11 is 5.65. The maximum Gasteiger partial charge on any atom is 0.269 e. The molecule has 3 aromatic rings. The second kappa shape index (κ2) is 11.6. The van der Waals surface area contributed by atoms with Crippen LogP contribution in [0.4, 0.5) is 28.6 Å². The van der Waals surface area contributed by atoms with E-state index in [0.29, 0.717) is 30.2 Å². The Balaban J connectivity index is 1.42. The minimum absolute atomic E-state index is 0.000833. The number of anilines is 4. The van der Waals surface area contributed by atoms with Crippen LogP contribution in [0.5, 0.6) is 0 Å². The normalized spacial score (nSPS) is 13.2. The van der Waals surface area contributed by atoms with E-state index >= 15 is 0 Å². The molecule has 37 heavy (non-hydrogen) atoms. The highest BCUT2D eigenvalue weighted by Crippen LogP contribution is 2.25. The number of pyridine rings is 1. The molecule has 1 aliphatic heterocycles. The van der Waals surface area contributed by atoms with Gasteiger partial charge in [-0.3, -0.25) is 19.7 Å². The smallest absolute Gasteiger partial charge is 0.269 e. The van der Waals surface area contributed by atoms with Crippen LogP contribution in [0.25, 0.3) is 0 Å². The van der Waals surface area contributed by atoms with Crippen LogP contribution in [0.2, 0.25) is 0 Å². The molecule has 12 heteroatoms. The fourth-order valence-electron chi connectivity index (χ4n) is 4.05. The maximum atomic E-state index is 11.9. The number of nitro groups is 1. The van der Waals surface area contributed by atoms with Gasteiger partial charge in [0.1, 0.15) is 11.7 Å². The number of alkyl halides is 1. The number of nitrogens with one attached hydrogen (secondary N) is 2. The van der Waals surface area contributed by atoms with E-state index in [1.807, 2.05) is 24.3 Å². The molecular weight excluding hydrogens is 498 g/mol. The zero-order chi connectivity index (χ0) is 26.4. The predicted octanol–water partition coefficient (Wildman–Crippen LogP) is 3.33. The standard InChI is InChI=1S/C25H26ClN7O4/c26-14-24(34)32-10-8-31(9-11-32)19-6-4-18(5-7-19)30-23-13-22(21(16-29-23)25(27)35)28-15-17-2-1-3-20(12-17)33(36)37/h1-7,12-13,16H,8-11,14-15H2,(H2,27,35)(H2,28,29,30). The van der Waals surface area contributed by atoms with Crippen LogP contribution in [0.15, 0.2) is 60.8 Å². The topological polar surface area (TPSA) is 147 Å².